The van der Waals surface area contributed by atoms with Gasteiger partial charge in [0.1, 0.15) is 0 Å². The molecule has 1 N–H and O–H groups in total. The first-order chi connectivity index (χ1) is 10.5. The number of amides is 1. The summed E-state index contributed by atoms with van der Waals surface area (Å²) >= 11 is 0. The third kappa shape index (κ3) is 3.73. The van der Waals surface area contributed by atoms with E-state index in [2.05, 4.69) is 0 Å². The molecule has 0 radical (unpaired) electrons. The molecule has 1 saturated heterocycles. The highest BCUT2D eigenvalue weighted by Crippen LogP contribution is 2.25. The number of carboxylic acid groups (broad SMARTS) is 1. The van der Waals surface area contributed by atoms with Gasteiger partial charge >= 0.3 is 5.97 Å². The van der Waals surface area contributed by atoms with E-state index in [9.17, 15) is 14.0 Å². The molecule has 1 aromatic carbocycles. The first kappa shape index (κ1) is 16.2. The molecule has 0 saturated carbocycles. The summed E-state index contributed by atoms with van der Waals surface area (Å²) in [6.45, 7) is 2.69. The Morgan fingerprint density at radius 2 is 2.27 bits per heavy atom. The summed E-state index contributed by atoms with van der Waals surface area (Å²) in [5, 5.41) is 8.81. The topological polar surface area (TPSA) is 76.1 Å². The first-order valence-corrected chi connectivity index (χ1v) is 7.07. The van der Waals surface area contributed by atoms with Crippen molar-refractivity contribution in [1.82, 2.24) is 4.90 Å². The lowest BCUT2D eigenvalue weighted by atomic mass is 10.1. The maximum Gasteiger partial charge on any atom is 0.306 e. The van der Waals surface area contributed by atoms with Crippen molar-refractivity contribution in [2.45, 2.75) is 19.4 Å². The van der Waals surface area contributed by atoms with Gasteiger partial charge in [-0.1, -0.05) is 6.07 Å². The van der Waals surface area contributed by atoms with Gasteiger partial charge in [0.2, 0.25) is 0 Å². The predicted octanol–water partition coefficient (Wildman–Crippen LogP) is 1.54. The minimum Gasteiger partial charge on any atom is -0.490 e. The zero-order valence-electron chi connectivity index (χ0n) is 12.3. The predicted molar refractivity (Wildman–Crippen MR) is 75.5 cm³/mol. The fraction of sp³-hybridized carbons (Fsp3) is 0.467. The minimum atomic E-state index is -0.986. The Kier molecular flexibility index (Phi) is 5.32. The van der Waals surface area contributed by atoms with E-state index < -0.39 is 17.9 Å². The van der Waals surface area contributed by atoms with Crippen LogP contribution in [0.25, 0.3) is 0 Å². The number of nitrogens with zero attached hydrogens (tertiary/aromatic N) is 1. The van der Waals surface area contributed by atoms with Gasteiger partial charge in [0.05, 0.1) is 31.3 Å². The lowest BCUT2D eigenvalue weighted by molar-refractivity contribution is -0.141. The number of para-hydroxylation sites is 1. The van der Waals surface area contributed by atoms with Crippen molar-refractivity contribution in [1.29, 1.82) is 0 Å². The molecule has 1 fully saturated rings. The second kappa shape index (κ2) is 7.22. The molecule has 6 nitrogen and oxygen atoms in total. The van der Waals surface area contributed by atoms with E-state index in [1.165, 1.54) is 23.1 Å². The molecular weight excluding hydrogens is 293 g/mol. The number of morpholine rings is 1. The van der Waals surface area contributed by atoms with Crippen LogP contribution in [0.15, 0.2) is 18.2 Å². The van der Waals surface area contributed by atoms with Gasteiger partial charge in [-0.2, -0.15) is 0 Å². The molecule has 22 heavy (non-hydrogen) atoms. The molecule has 1 aromatic rings. The van der Waals surface area contributed by atoms with E-state index >= 15 is 0 Å². The quantitative estimate of drug-likeness (QED) is 0.892. The fourth-order valence-corrected chi connectivity index (χ4v) is 2.36. The third-order valence-electron chi connectivity index (χ3n) is 3.31. The number of rotatable bonds is 5. The molecule has 0 unspecified atom stereocenters. The number of carboxylic acids is 1. The maximum absolute atomic E-state index is 13.8. The Hall–Kier alpha value is -2.15. The molecular formula is C15H18FNO5. The number of benzene rings is 1. The van der Waals surface area contributed by atoms with E-state index in [1.54, 1.807) is 6.92 Å². The summed E-state index contributed by atoms with van der Waals surface area (Å²) in [6.07, 6.45) is -0.732. The number of hydrogen-bond acceptors (Lipinski definition) is 4. The van der Waals surface area contributed by atoms with Gasteiger partial charge in [-0.3, -0.25) is 9.59 Å². The summed E-state index contributed by atoms with van der Waals surface area (Å²) in [4.78, 5) is 24.8. The van der Waals surface area contributed by atoms with Crippen LogP contribution in [0.5, 0.6) is 5.75 Å². The van der Waals surface area contributed by atoms with Crippen LogP contribution in [-0.4, -0.2) is 54.3 Å². The molecule has 1 amide bonds. The molecule has 0 spiro atoms. The zero-order valence-corrected chi connectivity index (χ0v) is 12.3. The molecule has 0 aromatic heterocycles. The summed E-state index contributed by atoms with van der Waals surface area (Å²) in [6, 6.07) is 4.17. The van der Waals surface area contributed by atoms with E-state index in [-0.39, 0.29) is 43.4 Å². The maximum atomic E-state index is 13.8. The number of hydrogen-bond donors (Lipinski definition) is 1. The normalized spacial score (nSPS) is 18.1. The summed E-state index contributed by atoms with van der Waals surface area (Å²) < 4.78 is 24.4. The standard InChI is InChI=1S/C15H18FNO5/c1-2-21-14-11(4-3-5-12(14)16)15(20)17-6-7-22-10(9-17)8-13(18)19/h3-5,10H,2,6-9H2,1H3,(H,18,19)/t10-/m1/s1. The Morgan fingerprint density at radius 1 is 1.50 bits per heavy atom. The monoisotopic (exact) mass is 311 g/mol. The molecule has 1 aliphatic heterocycles. The van der Waals surface area contributed by atoms with Gasteiger partial charge in [0, 0.05) is 13.1 Å². The molecule has 0 aliphatic carbocycles. The number of carbonyl (C=O) groups excluding carboxylic acids is 1. The van der Waals surface area contributed by atoms with Gasteiger partial charge in [0.15, 0.2) is 11.6 Å². The van der Waals surface area contributed by atoms with Crippen LogP contribution in [0.2, 0.25) is 0 Å². The van der Waals surface area contributed by atoms with Crippen LogP contribution in [0.4, 0.5) is 4.39 Å². The van der Waals surface area contributed by atoms with E-state index in [4.69, 9.17) is 14.6 Å². The van der Waals surface area contributed by atoms with Crippen molar-refractivity contribution in [2.75, 3.05) is 26.3 Å². The second-order valence-corrected chi connectivity index (χ2v) is 4.89. The number of ether oxygens (including phenoxy) is 2. The Bertz CT molecular complexity index is 563. The third-order valence-corrected chi connectivity index (χ3v) is 3.31. The highest BCUT2D eigenvalue weighted by Gasteiger charge is 2.28. The van der Waals surface area contributed by atoms with Crippen LogP contribution >= 0.6 is 0 Å². The van der Waals surface area contributed by atoms with Crippen LogP contribution in [-0.2, 0) is 9.53 Å². The smallest absolute Gasteiger partial charge is 0.306 e. The highest BCUT2D eigenvalue weighted by molar-refractivity contribution is 5.97. The largest absolute Gasteiger partial charge is 0.490 e. The van der Waals surface area contributed by atoms with Crippen LogP contribution < -0.4 is 4.74 Å². The van der Waals surface area contributed by atoms with Crippen LogP contribution in [0, 0.1) is 5.82 Å². The number of carbonyl (C=O) groups is 2. The van der Waals surface area contributed by atoms with Crippen molar-refractivity contribution in [2.24, 2.45) is 0 Å². The average Bonchev–Trinajstić information content (AvgIpc) is 2.48. The number of aliphatic carboxylic acids is 1. The van der Waals surface area contributed by atoms with Crippen molar-refractivity contribution >= 4 is 11.9 Å². The highest BCUT2D eigenvalue weighted by atomic mass is 19.1. The van der Waals surface area contributed by atoms with Gasteiger partial charge in [-0.15, -0.1) is 0 Å². The fourth-order valence-electron chi connectivity index (χ4n) is 2.36. The van der Waals surface area contributed by atoms with Crippen molar-refractivity contribution in [3.05, 3.63) is 29.6 Å². The minimum absolute atomic E-state index is 0.0729. The van der Waals surface area contributed by atoms with E-state index in [0.717, 1.165) is 0 Å². The lowest BCUT2D eigenvalue weighted by Crippen LogP contribution is -2.46. The van der Waals surface area contributed by atoms with Crippen LogP contribution in [0.1, 0.15) is 23.7 Å². The molecule has 2 rings (SSSR count). The molecule has 7 heteroatoms. The molecule has 1 heterocycles. The van der Waals surface area contributed by atoms with Gasteiger partial charge < -0.3 is 19.5 Å². The molecule has 120 valence electrons. The van der Waals surface area contributed by atoms with Gasteiger partial charge in [-0.25, -0.2) is 4.39 Å². The zero-order chi connectivity index (χ0) is 16.1. The summed E-state index contributed by atoms with van der Waals surface area (Å²) in [5.74, 6) is -2.04. The van der Waals surface area contributed by atoms with Crippen molar-refractivity contribution in [3.8, 4) is 5.75 Å². The Morgan fingerprint density at radius 3 is 2.95 bits per heavy atom. The van der Waals surface area contributed by atoms with E-state index in [0.29, 0.717) is 6.54 Å². The number of halogens is 1. The van der Waals surface area contributed by atoms with Gasteiger partial charge in [0.25, 0.3) is 5.91 Å². The summed E-state index contributed by atoms with van der Waals surface area (Å²) in [7, 11) is 0. The Labute approximate surface area is 127 Å². The Balaban J connectivity index is 2.17. The molecule has 1 aliphatic rings. The van der Waals surface area contributed by atoms with Gasteiger partial charge in [-0.05, 0) is 19.1 Å². The second-order valence-electron chi connectivity index (χ2n) is 4.89. The lowest BCUT2D eigenvalue weighted by Gasteiger charge is -2.32. The van der Waals surface area contributed by atoms with Crippen molar-refractivity contribution in [3.63, 3.8) is 0 Å². The van der Waals surface area contributed by atoms with Crippen LogP contribution in [0.3, 0.4) is 0 Å². The average molecular weight is 311 g/mol. The summed E-state index contributed by atoms with van der Waals surface area (Å²) in [5.41, 5.74) is 0.137. The molecule has 1 atom stereocenters. The van der Waals surface area contributed by atoms with E-state index in [1.807, 2.05) is 0 Å². The SMILES string of the molecule is CCOc1c(F)cccc1C(=O)N1CCO[C@H](CC(=O)O)C1. The first-order valence-electron chi connectivity index (χ1n) is 7.07. The van der Waals surface area contributed by atoms with Crippen molar-refractivity contribution < 1.29 is 28.6 Å². The molecule has 0 bridgehead atoms.